The van der Waals surface area contributed by atoms with Crippen molar-refractivity contribution in [2.75, 3.05) is 14.0 Å². The molecule has 2 aromatic heterocycles. The van der Waals surface area contributed by atoms with Crippen LogP contribution in [0.3, 0.4) is 0 Å². The average Bonchev–Trinajstić information content (AvgIpc) is 3.22. The zero-order valence-corrected chi connectivity index (χ0v) is 17.0. The molecule has 3 aliphatic heterocycles. The number of rotatable bonds is 4. The van der Waals surface area contributed by atoms with E-state index in [0.717, 1.165) is 22.7 Å². The third-order valence-electron chi connectivity index (χ3n) is 4.87. The lowest BCUT2D eigenvalue weighted by molar-refractivity contribution is -0.938. The zero-order valence-electron chi connectivity index (χ0n) is 23.8. The number of carbonyl (C=O) groups is 1. The third kappa shape index (κ3) is 2.84. The van der Waals surface area contributed by atoms with Gasteiger partial charge in [-0.2, -0.15) is 0 Å². The Morgan fingerprint density at radius 1 is 1.26 bits per heavy atom. The standard InChI is InChI=1S/C19H22NO4S2.BrH/c1-20(2)12-9-11(10-13(20)17-16(12)24-17)23-18(21)19(22,14-5-3-7-25-14)15-6-4-8-26-15;/h3-8,11-13,16-17,22H,9-10H2,1-2H3;1H/q+1;/p-1/i1D3,2D3,12D,13D,16D,17D;. The summed E-state index contributed by atoms with van der Waals surface area (Å²) < 4.78 is 92.6. The first-order valence-corrected chi connectivity index (χ1v) is 9.74. The molecule has 5 rings (SSSR count). The molecule has 146 valence electrons. The number of fused-ring (bicyclic) bond motifs is 5. The molecular weight excluding hydrogens is 450 g/mol. The number of likely N-dealkylation sites (N-methyl/N-ethyl adjacent to an activating group) is 1. The van der Waals surface area contributed by atoms with Gasteiger partial charge in [-0.3, -0.25) is 0 Å². The molecule has 0 aliphatic carbocycles. The van der Waals surface area contributed by atoms with Gasteiger partial charge in [-0.25, -0.2) is 4.79 Å². The molecule has 0 saturated carbocycles. The van der Waals surface area contributed by atoms with Crippen LogP contribution >= 0.6 is 22.7 Å². The highest BCUT2D eigenvalue weighted by atomic mass is 79.9. The van der Waals surface area contributed by atoms with Crippen LogP contribution in [0.15, 0.2) is 35.0 Å². The first kappa shape index (κ1) is 10.8. The van der Waals surface area contributed by atoms with Crippen molar-refractivity contribution < 1.29 is 54.5 Å². The fourth-order valence-corrected chi connectivity index (χ4v) is 5.21. The van der Waals surface area contributed by atoms with E-state index in [4.69, 9.17) is 23.2 Å². The van der Waals surface area contributed by atoms with Crippen molar-refractivity contribution in [3.63, 3.8) is 0 Å². The second kappa shape index (κ2) is 6.64. The van der Waals surface area contributed by atoms with Crippen molar-refractivity contribution in [3.05, 3.63) is 44.8 Å². The summed E-state index contributed by atoms with van der Waals surface area (Å²) in [5.41, 5.74) is -2.24. The summed E-state index contributed by atoms with van der Waals surface area (Å²) in [6, 6.07) is 0.531. The monoisotopic (exact) mass is 481 g/mol. The maximum absolute atomic E-state index is 13.4. The normalized spacial score (nSPS) is 50.3. The topological polar surface area (TPSA) is 59.1 Å². The maximum atomic E-state index is 13.4. The van der Waals surface area contributed by atoms with Gasteiger partial charge < -0.3 is 36.0 Å². The van der Waals surface area contributed by atoms with Crippen LogP contribution in [0.4, 0.5) is 0 Å². The summed E-state index contributed by atoms with van der Waals surface area (Å²) in [5.74, 6) is -1.15. The Hall–Kier alpha value is -0.770. The molecule has 0 aromatic carbocycles. The number of epoxide rings is 1. The number of nitrogens with zero attached hydrogens (tertiary/aromatic N) is 1. The highest BCUT2D eigenvalue weighted by Crippen LogP contribution is 2.52. The Balaban J connectivity index is 0.00000320. The Morgan fingerprint density at radius 3 is 2.26 bits per heavy atom. The van der Waals surface area contributed by atoms with E-state index in [2.05, 4.69) is 0 Å². The van der Waals surface area contributed by atoms with Crippen molar-refractivity contribution in [3.8, 4) is 0 Å². The third-order valence-corrected chi connectivity index (χ3v) is 6.83. The van der Waals surface area contributed by atoms with E-state index >= 15 is 0 Å². The number of esters is 1. The lowest BCUT2D eigenvalue weighted by Crippen LogP contribution is -3.00. The lowest BCUT2D eigenvalue weighted by Gasteiger charge is -2.45. The van der Waals surface area contributed by atoms with Gasteiger partial charge >= 0.3 is 5.97 Å². The minimum Gasteiger partial charge on any atom is -1.00 e. The second-order valence-corrected chi connectivity index (χ2v) is 8.32. The number of quaternary nitrogens is 1. The van der Waals surface area contributed by atoms with Gasteiger partial charge in [0.2, 0.25) is 5.60 Å². The van der Waals surface area contributed by atoms with Gasteiger partial charge in [-0.05, 0) is 22.9 Å². The molecule has 0 radical (unpaired) electrons. The first-order valence-electron chi connectivity index (χ1n) is 13.0. The lowest BCUT2D eigenvalue weighted by atomic mass is 9.95. The van der Waals surface area contributed by atoms with E-state index < -0.39 is 73.1 Å². The van der Waals surface area contributed by atoms with Crippen LogP contribution in [0.2, 0.25) is 0 Å². The van der Waals surface area contributed by atoms with Crippen LogP contribution in [-0.4, -0.2) is 59.8 Å². The number of aliphatic hydroxyl groups is 1. The molecule has 3 aliphatic rings. The van der Waals surface area contributed by atoms with Gasteiger partial charge in [0.05, 0.1) is 37.4 Å². The van der Waals surface area contributed by atoms with Gasteiger partial charge in [0, 0.05) is 12.8 Å². The molecular formula is C19H22BrNO4S2. The molecule has 27 heavy (non-hydrogen) atoms. The fourth-order valence-electron chi connectivity index (χ4n) is 3.50. The Kier molecular flexibility index (Phi) is 2.67. The molecule has 5 nitrogen and oxygen atoms in total. The molecule has 1 N–H and O–H groups in total. The van der Waals surface area contributed by atoms with Gasteiger partial charge in [0.25, 0.3) is 0 Å². The Morgan fingerprint density at radius 2 is 1.81 bits per heavy atom. The Bertz CT molecular complexity index is 1130. The molecule has 4 atom stereocenters. The van der Waals surface area contributed by atoms with E-state index in [-0.39, 0.29) is 26.7 Å². The number of carbonyl (C=O) groups excluding carboxylic acids is 1. The van der Waals surface area contributed by atoms with Crippen LogP contribution in [0, 0.1) is 0 Å². The highest BCUT2D eigenvalue weighted by Gasteiger charge is 2.71. The summed E-state index contributed by atoms with van der Waals surface area (Å²) in [7, 11) is 0. The highest BCUT2D eigenvalue weighted by molar-refractivity contribution is 7.12. The number of hydrogen-bond acceptors (Lipinski definition) is 6. The summed E-state index contributed by atoms with van der Waals surface area (Å²) in [6.45, 7) is -7.01. The molecule has 4 unspecified atom stereocenters. The molecule has 2 bridgehead atoms. The number of thiophene rings is 2. The predicted octanol–water partition coefficient (Wildman–Crippen LogP) is -0.650. The molecule has 3 fully saturated rings. The molecule has 3 saturated heterocycles. The van der Waals surface area contributed by atoms with Crippen LogP contribution in [-0.2, 0) is 19.9 Å². The number of hydrogen-bond donors (Lipinski definition) is 1. The van der Waals surface area contributed by atoms with Gasteiger partial charge in [-0.1, -0.05) is 12.1 Å². The minimum absolute atomic E-state index is 0. The van der Waals surface area contributed by atoms with Crippen molar-refractivity contribution in [2.45, 2.75) is 48.7 Å². The smallest absolute Gasteiger partial charge is 0.349 e. The minimum atomic E-state index is -3.50. The quantitative estimate of drug-likeness (QED) is 0.358. The predicted molar refractivity (Wildman–Crippen MR) is 99.1 cm³/mol. The zero-order chi connectivity index (χ0) is 26.8. The Labute approximate surface area is 190 Å². The molecule has 0 amide bonds. The van der Waals surface area contributed by atoms with Crippen LogP contribution < -0.4 is 17.0 Å². The first-order chi connectivity index (χ1) is 16.4. The SMILES string of the molecule is [2H]C12OC1([2H])C1([2H])CC(OC(=O)C(O)(c3cccs3)c3cccs3)CC2([2H])[N+]1(C([2H])([2H])[2H])C([2H])([2H])[2H].[Br-]. The van der Waals surface area contributed by atoms with E-state index in [1.54, 1.807) is 22.9 Å². The van der Waals surface area contributed by atoms with E-state index in [9.17, 15) is 9.90 Å². The number of halogens is 1. The number of piperidine rings is 1. The van der Waals surface area contributed by atoms with Crippen molar-refractivity contribution in [1.82, 2.24) is 0 Å². The van der Waals surface area contributed by atoms with E-state index in [0.29, 0.717) is 0 Å². The van der Waals surface area contributed by atoms with E-state index in [1.165, 1.54) is 12.1 Å². The van der Waals surface area contributed by atoms with Crippen molar-refractivity contribution in [1.29, 1.82) is 0 Å². The van der Waals surface area contributed by atoms with Crippen LogP contribution in [0.25, 0.3) is 0 Å². The number of ether oxygens (including phenoxy) is 2. The second-order valence-electron chi connectivity index (χ2n) is 6.43. The maximum Gasteiger partial charge on any atom is 0.349 e. The number of morpholine rings is 1. The summed E-state index contributed by atoms with van der Waals surface area (Å²) in [5, 5.41) is 14.8. The van der Waals surface area contributed by atoms with Crippen LogP contribution in [0.1, 0.15) is 36.3 Å². The van der Waals surface area contributed by atoms with Gasteiger partial charge in [-0.15, -0.1) is 22.7 Å². The van der Waals surface area contributed by atoms with E-state index in [1.807, 2.05) is 0 Å². The van der Waals surface area contributed by atoms with Gasteiger partial charge in [0.1, 0.15) is 30.3 Å². The van der Waals surface area contributed by atoms with Gasteiger partial charge in [0.15, 0.2) is 0 Å². The fraction of sp³-hybridized carbons (Fsp3) is 0.526. The van der Waals surface area contributed by atoms with Crippen molar-refractivity contribution >= 4 is 28.6 Å². The average molecular weight is 482 g/mol. The largest absolute Gasteiger partial charge is 1.00 e. The molecule has 5 heterocycles. The summed E-state index contributed by atoms with van der Waals surface area (Å²) in [4.78, 5) is 13.9. The molecule has 8 heteroatoms. The molecule has 2 aromatic rings. The summed E-state index contributed by atoms with van der Waals surface area (Å²) in [6.07, 6.45) is -8.36. The van der Waals surface area contributed by atoms with Crippen molar-refractivity contribution in [2.24, 2.45) is 0 Å². The molecule has 0 spiro atoms. The summed E-state index contributed by atoms with van der Waals surface area (Å²) >= 11 is 2.19. The van der Waals surface area contributed by atoms with Crippen LogP contribution in [0.5, 0.6) is 0 Å².